The molecule has 0 N–H and O–H groups in total. The van der Waals surface area contributed by atoms with E-state index in [9.17, 15) is 4.79 Å². The van der Waals surface area contributed by atoms with E-state index in [0.29, 0.717) is 17.7 Å². The van der Waals surface area contributed by atoms with Crippen molar-refractivity contribution < 1.29 is 9.53 Å². The first-order chi connectivity index (χ1) is 9.25. The van der Waals surface area contributed by atoms with Crippen LogP contribution in [0.1, 0.15) is 32.6 Å². The summed E-state index contributed by atoms with van der Waals surface area (Å²) in [5, 5.41) is 0. The number of piperidine rings is 1. The minimum Gasteiger partial charge on any atom is -0.489 e. The number of Topliss-reactive ketones (excluding diaryl/α,β-unsaturated/α-hetero) is 1. The number of ketones is 1. The van der Waals surface area contributed by atoms with Crippen molar-refractivity contribution in [1.29, 1.82) is 0 Å². The molecule has 3 heteroatoms. The Morgan fingerprint density at radius 2 is 2.21 bits per heavy atom. The lowest BCUT2D eigenvalue weighted by molar-refractivity contribution is -0.133. The van der Waals surface area contributed by atoms with E-state index < -0.39 is 0 Å². The largest absolute Gasteiger partial charge is 0.489 e. The summed E-state index contributed by atoms with van der Waals surface area (Å²) in [5.41, 5.74) is 0.970. The number of ether oxygens (including phenoxy) is 1. The van der Waals surface area contributed by atoms with Crippen LogP contribution in [0.2, 0.25) is 0 Å². The highest BCUT2D eigenvalue weighted by Crippen LogP contribution is 2.42. The molecule has 19 heavy (non-hydrogen) atoms. The predicted octanol–water partition coefficient (Wildman–Crippen LogP) is 2.29. The van der Waals surface area contributed by atoms with Gasteiger partial charge >= 0.3 is 0 Å². The van der Waals surface area contributed by atoms with Crippen LogP contribution in [0.5, 0.6) is 0 Å². The van der Waals surface area contributed by atoms with Crippen molar-refractivity contribution in [1.82, 2.24) is 4.90 Å². The van der Waals surface area contributed by atoms with Gasteiger partial charge in [-0.15, -0.1) is 0 Å². The normalized spacial score (nSPS) is 41.6. The third-order valence-corrected chi connectivity index (χ3v) is 5.29. The van der Waals surface area contributed by atoms with Crippen LogP contribution in [0.25, 0.3) is 0 Å². The lowest BCUT2D eigenvalue weighted by Crippen LogP contribution is -2.54. The molecule has 0 aromatic heterocycles. The topological polar surface area (TPSA) is 29.5 Å². The quantitative estimate of drug-likeness (QED) is 0.668. The zero-order valence-electron chi connectivity index (χ0n) is 11.5. The number of hydrogen-bond acceptors (Lipinski definition) is 3. The highest BCUT2D eigenvalue weighted by atomic mass is 16.5. The second-order valence-corrected chi connectivity index (χ2v) is 6.40. The minimum absolute atomic E-state index is 0.101. The molecule has 2 fully saturated rings. The Hall–Kier alpha value is -1.09. The van der Waals surface area contributed by atoms with Gasteiger partial charge in [-0.3, -0.25) is 9.69 Å². The van der Waals surface area contributed by atoms with Gasteiger partial charge in [-0.05, 0) is 44.2 Å². The number of nitrogens with zero attached hydrogens (tertiary/aromatic N) is 1. The van der Waals surface area contributed by atoms with Crippen LogP contribution in [-0.4, -0.2) is 35.9 Å². The number of hydrogen-bond donors (Lipinski definition) is 0. The van der Waals surface area contributed by atoms with Crippen LogP contribution in [-0.2, 0) is 9.53 Å². The average molecular weight is 259 g/mol. The van der Waals surface area contributed by atoms with Gasteiger partial charge in [-0.1, -0.05) is 13.0 Å². The highest BCUT2D eigenvalue weighted by Gasteiger charge is 2.49. The first kappa shape index (κ1) is 11.7. The van der Waals surface area contributed by atoms with Gasteiger partial charge in [-0.25, -0.2) is 0 Å². The van der Waals surface area contributed by atoms with Crippen molar-refractivity contribution in [2.45, 2.75) is 44.8 Å². The fraction of sp³-hybridized carbons (Fsp3) is 0.688. The van der Waals surface area contributed by atoms with Gasteiger partial charge in [0.05, 0.1) is 5.92 Å². The first-order valence-corrected chi connectivity index (χ1v) is 7.61. The van der Waals surface area contributed by atoms with E-state index in [1.807, 2.05) is 6.08 Å². The van der Waals surface area contributed by atoms with Crippen molar-refractivity contribution in [2.75, 3.05) is 13.1 Å². The second kappa shape index (κ2) is 4.20. The summed E-state index contributed by atoms with van der Waals surface area (Å²) < 4.78 is 6.19. The fourth-order valence-corrected chi connectivity index (χ4v) is 4.37. The van der Waals surface area contributed by atoms with E-state index >= 15 is 0 Å². The molecule has 0 saturated carbocycles. The Morgan fingerprint density at radius 3 is 3.11 bits per heavy atom. The van der Waals surface area contributed by atoms with Crippen LogP contribution in [0.15, 0.2) is 23.5 Å². The molecular weight excluding hydrogens is 238 g/mol. The zero-order chi connectivity index (χ0) is 13.0. The molecule has 4 atom stereocenters. The van der Waals surface area contributed by atoms with Crippen molar-refractivity contribution in [3.8, 4) is 0 Å². The molecule has 3 aliphatic heterocycles. The summed E-state index contributed by atoms with van der Waals surface area (Å²) in [7, 11) is 0. The molecule has 0 bridgehead atoms. The molecule has 1 aliphatic carbocycles. The van der Waals surface area contributed by atoms with Gasteiger partial charge in [0.15, 0.2) is 5.78 Å². The predicted molar refractivity (Wildman–Crippen MR) is 72.5 cm³/mol. The molecule has 3 nitrogen and oxygen atoms in total. The molecule has 0 spiro atoms. The highest BCUT2D eigenvalue weighted by molar-refractivity contribution is 6.00. The first-order valence-electron chi connectivity index (χ1n) is 7.61. The van der Waals surface area contributed by atoms with Gasteiger partial charge in [0.2, 0.25) is 0 Å². The van der Waals surface area contributed by atoms with Crippen molar-refractivity contribution in [3.05, 3.63) is 23.5 Å². The lowest BCUT2D eigenvalue weighted by atomic mass is 9.74. The van der Waals surface area contributed by atoms with E-state index in [0.717, 1.165) is 30.7 Å². The third-order valence-electron chi connectivity index (χ3n) is 5.29. The molecule has 4 rings (SSSR count). The van der Waals surface area contributed by atoms with Crippen LogP contribution in [0, 0.1) is 11.8 Å². The molecule has 3 heterocycles. The van der Waals surface area contributed by atoms with E-state index in [1.165, 1.54) is 19.4 Å². The summed E-state index contributed by atoms with van der Waals surface area (Å²) in [5.74, 6) is 1.69. The molecule has 0 amide bonds. The third kappa shape index (κ3) is 1.64. The van der Waals surface area contributed by atoms with E-state index in [1.54, 1.807) is 0 Å². The molecule has 0 radical (unpaired) electrons. The summed E-state index contributed by atoms with van der Waals surface area (Å²) in [6.45, 7) is 4.42. The molecule has 4 aliphatic rings. The van der Waals surface area contributed by atoms with Crippen LogP contribution in [0.4, 0.5) is 0 Å². The van der Waals surface area contributed by atoms with Gasteiger partial charge < -0.3 is 4.74 Å². The summed E-state index contributed by atoms with van der Waals surface area (Å²) >= 11 is 0. The summed E-state index contributed by atoms with van der Waals surface area (Å²) in [6.07, 6.45) is 8.67. The van der Waals surface area contributed by atoms with E-state index in [2.05, 4.69) is 17.9 Å². The maximum absolute atomic E-state index is 12.9. The Bertz CT molecular complexity index is 479. The zero-order valence-corrected chi connectivity index (χ0v) is 11.5. The molecule has 0 aromatic carbocycles. The standard InChI is InChI=1S/C16H21NO2/c1-10-4-2-6-12-14(10)16(18)15-11-5-3-8-17(11)9-7-13(15)19-12/h2,6,10-11,13,15H,3-5,7-9H2,1H3/t10-,11+,13+,15+/m0/s1. The Morgan fingerprint density at radius 1 is 1.32 bits per heavy atom. The Labute approximate surface area is 114 Å². The number of allylic oxidation sites excluding steroid dienone is 3. The number of fused-ring (bicyclic) bond motifs is 3. The number of carbonyl (C=O) groups excluding carboxylic acids is 1. The van der Waals surface area contributed by atoms with Gasteiger partial charge in [0, 0.05) is 18.2 Å². The van der Waals surface area contributed by atoms with Crippen LogP contribution in [0.3, 0.4) is 0 Å². The SMILES string of the molecule is C[C@H]1CC=CC2=C1C(=O)[C@@H]1[C@H]3CCCN3CC[C@H]1O2. The number of rotatable bonds is 0. The van der Waals surface area contributed by atoms with E-state index in [-0.39, 0.29) is 12.0 Å². The molecule has 0 aromatic rings. The van der Waals surface area contributed by atoms with Gasteiger partial charge in [-0.2, -0.15) is 0 Å². The van der Waals surface area contributed by atoms with E-state index in [4.69, 9.17) is 4.74 Å². The van der Waals surface area contributed by atoms with Crippen LogP contribution < -0.4 is 0 Å². The summed E-state index contributed by atoms with van der Waals surface area (Å²) in [4.78, 5) is 15.5. The molecule has 102 valence electrons. The summed E-state index contributed by atoms with van der Waals surface area (Å²) in [6, 6.07) is 0.443. The van der Waals surface area contributed by atoms with Crippen molar-refractivity contribution >= 4 is 5.78 Å². The Balaban J connectivity index is 1.73. The molecule has 0 unspecified atom stereocenters. The van der Waals surface area contributed by atoms with Gasteiger partial charge in [0.25, 0.3) is 0 Å². The smallest absolute Gasteiger partial charge is 0.171 e. The molecule has 2 saturated heterocycles. The Kier molecular flexibility index (Phi) is 2.59. The second-order valence-electron chi connectivity index (χ2n) is 6.40. The maximum atomic E-state index is 12.9. The monoisotopic (exact) mass is 259 g/mol. The minimum atomic E-state index is 0.101. The number of carbonyl (C=O) groups is 1. The van der Waals surface area contributed by atoms with Crippen molar-refractivity contribution in [2.24, 2.45) is 11.8 Å². The fourth-order valence-electron chi connectivity index (χ4n) is 4.37. The maximum Gasteiger partial charge on any atom is 0.171 e. The van der Waals surface area contributed by atoms with Crippen molar-refractivity contribution in [3.63, 3.8) is 0 Å². The lowest BCUT2D eigenvalue weighted by Gasteiger charge is -2.45. The molecular formula is C16H21NO2. The average Bonchev–Trinajstić information content (AvgIpc) is 2.86. The van der Waals surface area contributed by atoms with Gasteiger partial charge in [0.1, 0.15) is 11.9 Å². The van der Waals surface area contributed by atoms with Crippen LogP contribution >= 0.6 is 0 Å².